The summed E-state index contributed by atoms with van der Waals surface area (Å²) in [5.74, 6) is -0.428. The normalized spacial score (nSPS) is 13.1. The minimum absolute atomic E-state index is 0.0355. The Morgan fingerprint density at radius 2 is 1.74 bits per heavy atom. The number of halogens is 1. The van der Waals surface area contributed by atoms with Crippen LogP contribution in [0.1, 0.15) is 38.2 Å². The number of carbonyl (C=O) groups excluding carboxylic acids is 1. The second-order valence-corrected chi connectivity index (χ2v) is 8.92. The minimum atomic E-state index is -2.47. The van der Waals surface area contributed by atoms with Crippen LogP contribution in [0.4, 0.5) is 0 Å². The largest absolute Gasteiger partial charge is 0.368 e. The molecule has 0 fully saturated rings. The van der Waals surface area contributed by atoms with E-state index in [1.54, 1.807) is 6.07 Å². The fraction of sp³-hybridized carbons (Fsp3) is 0.125. The number of amides is 1. The highest BCUT2D eigenvalue weighted by Crippen LogP contribution is 2.34. The molecule has 0 saturated carbocycles. The van der Waals surface area contributed by atoms with Crippen molar-refractivity contribution in [3.8, 4) is 0 Å². The molecule has 7 heteroatoms. The van der Waals surface area contributed by atoms with Crippen LogP contribution in [-0.4, -0.2) is 19.2 Å². The van der Waals surface area contributed by atoms with Crippen molar-refractivity contribution in [1.82, 2.24) is 4.90 Å². The number of carbonyl (C=O) groups is 1. The predicted octanol–water partition coefficient (Wildman–Crippen LogP) is 3.96. The first-order valence-corrected chi connectivity index (χ1v) is 11.5. The lowest BCUT2D eigenvalue weighted by atomic mass is 9.90. The maximum Gasteiger partial charge on any atom is 0.248 e. The van der Waals surface area contributed by atoms with Crippen LogP contribution in [0.15, 0.2) is 72.9 Å². The molecule has 31 heavy (non-hydrogen) atoms. The van der Waals surface area contributed by atoms with Crippen LogP contribution in [-0.2, 0) is 29.5 Å². The molecule has 0 aromatic heterocycles. The molecule has 5 nitrogen and oxygen atoms in total. The summed E-state index contributed by atoms with van der Waals surface area (Å²) >= 11 is 6.07. The molecule has 1 aliphatic heterocycles. The molecule has 0 unspecified atom stereocenters. The van der Waals surface area contributed by atoms with Gasteiger partial charge in [-0.05, 0) is 52.1 Å². The smallest absolute Gasteiger partial charge is 0.248 e. The van der Waals surface area contributed by atoms with Gasteiger partial charge in [-0.1, -0.05) is 54.1 Å². The summed E-state index contributed by atoms with van der Waals surface area (Å²) in [6.45, 7) is 1.28. The molecule has 0 spiro atoms. The first kappa shape index (κ1) is 21.2. The lowest BCUT2D eigenvalue weighted by Crippen LogP contribution is -2.22. The van der Waals surface area contributed by atoms with E-state index in [9.17, 15) is 13.2 Å². The number of fused-ring (bicyclic) bond motifs is 1. The summed E-state index contributed by atoms with van der Waals surface area (Å²) in [5, 5.41) is 0.650. The SMILES string of the molecule is NC(=O)c1ccc2c(c1)C(c1ccc(Cl)cc1)=CN(Cc1cccc(C[SH](=O)=O)c1)C2. The van der Waals surface area contributed by atoms with Gasteiger partial charge in [-0.3, -0.25) is 4.79 Å². The number of thiol groups is 1. The highest BCUT2D eigenvalue weighted by Gasteiger charge is 2.20. The average Bonchev–Trinajstić information content (AvgIpc) is 2.73. The van der Waals surface area contributed by atoms with E-state index in [2.05, 4.69) is 11.1 Å². The Kier molecular flexibility index (Phi) is 6.11. The van der Waals surface area contributed by atoms with E-state index in [0.717, 1.165) is 33.4 Å². The van der Waals surface area contributed by atoms with Gasteiger partial charge in [0.2, 0.25) is 5.91 Å². The van der Waals surface area contributed by atoms with Crippen LogP contribution in [0, 0.1) is 0 Å². The molecule has 0 radical (unpaired) electrons. The Labute approximate surface area is 187 Å². The zero-order valence-corrected chi connectivity index (χ0v) is 18.3. The maximum absolute atomic E-state index is 11.7. The molecule has 4 rings (SSSR count). The summed E-state index contributed by atoms with van der Waals surface area (Å²) in [7, 11) is -2.47. The standard InChI is InChI=1S/C24H21ClN2O3S/c25-21-8-6-18(7-9-21)23-14-27(12-16-2-1-3-17(10-16)15-31(29)30)13-20-5-4-19(24(26)28)11-22(20)23/h1-11,14,31H,12-13,15H2,(H2,26,28). The Hall–Kier alpha value is -3.09. The molecule has 2 N–H and O–H groups in total. The molecular weight excluding hydrogens is 432 g/mol. The summed E-state index contributed by atoms with van der Waals surface area (Å²) < 4.78 is 22.2. The highest BCUT2D eigenvalue weighted by molar-refractivity contribution is 7.71. The first-order chi connectivity index (χ1) is 14.9. The van der Waals surface area contributed by atoms with E-state index in [4.69, 9.17) is 17.3 Å². The van der Waals surface area contributed by atoms with Crippen molar-refractivity contribution < 1.29 is 13.2 Å². The van der Waals surface area contributed by atoms with Gasteiger partial charge in [-0.2, -0.15) is 0 Å². The number of hydrogen-bond donors (Lipinski definition) is 2. The van der Waals surface area contributed by atoms with Crippen LogP contribution in [0.5, 0.6) is 0 Å². The number of primary amides is 1. The van der Waals surface area contributed by atoms with Gasteiger partial charge in [0, 0.05) is 35.4 Å². The predicted molar refractivity (Wildman–Crippen MR) is 123 cm³/mol. The van der Waals surface area contributed by atoms with Crippen LogP contribution in [0.3, 0.4) is 0 Å². The van der Waals surface area contributed by atoms with Crippen molar-refractivity contribution in [2.75, 3.05) is 0 Å². The molecule has 1 aliphatic rings. The van der Waals surface area contributed by atoms with Crippen molar-refractivity contribution in [2.45, 2.75) is 18.8 Å². The van der Waals surface area contributed by atoms with Crippen molar-refractivity contribution >= 4 is 33.8 Å². The van der Waals surface area contributed by atoms with Crippen LogP contribution < -0.4 is 5.73 Å². The fourth-order valence-corrected chi connectivity index (χ4v) is 4.43. The van der Waals surface area contributed by atoms with E-state index in [0.29, 0.717) is 23.7 Å². The van der Waals surface area contributed by atoms with Gasteiger partial charge in [0.15, 0.2) is 0 Å². The van der Waals surface area contributed by atoms with Crippen LogP contribution >= 0.6 is 11.6 Å². The molecule has 1 heterocycles. The molecule has 0 atom stereocenters. The molecule has 158 valence electrons. The minimum Gasteiger partial charge on any atom is -0.368 e. The van der Waals surface area contributed by atoms with Gasteiger partial charge in [-0.15, -0.1) is 0 Å². The topological polar surface area (TPSA) is 80.5 Å². The summed E-state index contributed by atoms with van der Waals surface area (Å²) in [6, 6.07) is 20.7. The lowest BCUT2D eigenvalue weighted by Gasteiger charge is -2.30. The molecule has 3 aromatic rings. The quantitative estimate of drug-likeness (QED) is 0.555. The molecule has 3 aromatic carbocycles. The monoisotopic (exact) mass is 452 g/mol. The third-order valence-corrected chi connectivity index (χ3v) is 6.09. The van der Waals surface area contributed by atoms with Crippen molar-refractivity contribution in [3.05, 3.63) is 111 Å². The van der Waals surface area contributed by atoms with Gasteiger partial charge in [-0.25, -0.2) is 8.42 Å². The van der Waals surface area contributed by atoms with E-state index < -0.39 is 16.6 Å². The first-order valence-electron chi connectivity index (χ1n) is 9.73. The zero-order valence-electron chi connectivity index (χ0n) is 16.6. The number of nitrogens with two attached hydrogens (primary N) is 1. The van der Waals surface area contributed by atoms with Crippen LogP contribution in [0.2, 0.25) is 5.02 Å². The van der Waals surface area contributed by atoms with Gasteiger partial charge < -0.3 is 10.6 Å². The van der Waals surface area contributed by atoms with Crippen molar-refractivity contribution in [1.29, 1.82) is 0 Å². The van der Waals surface area contributed by atoms with Gasteiger partial charge in [0.05, 0.1) is 5.75 Å². The third kappa shape index (κ3) is 4.98. The Morgan fingerprint density at radius 3 is 2.45 bits per heavy atom. The fourth-order valence-electron chi connectivity index (χ4n) is 3.81. The number of rotatable bonds is 6. The number of benzene rings is 3. The summed E-state index contributed by atoms with van der Waals surface area (Å²) in [4.78, 5) is 13.9. The van der Waals surface area contributed by atoms with E-state index in [1.807, 2.05) is 60.7 Å². The van der Waals surface area contributed by atoms with Crippen molar-refractivity contribution in [2.24, 2.45) is 5.73 Å². The highest BCUT2D eigenvalue weighted by atomic mass is 35.5. The molecule has 0 bridgehead atoms. The van der Waals surface area contributed by atoms with Gasteiger partial charge in [0.1, 0.15) is 10.7 Å². The average molecular weight is 453 g/mol. The third-order valence-electron chi connectivity index (χ3n) is 5.21. The Morgan fingerprint density at radius 1 is 1.00 bits per heavy atom. The maximum atomic E-state index is 11.7. The summed E-state index contributed by atoms with van der Waals surface area (Å²) in [6.07, 6.45) is 2.07. The Balaban J connectivity index is 1.72. The molecule has 1 amide bonds. The lowest BCUT2D eigenvalue weighted by molar-refractivity contribution is 0.1000. The van der Waals surface area contributed by atoms with E-state index in [-0.39, 0.29) is 5.75 Å². The second-order valence-electron chi connectivity index (χ2n) is 7.50. The van der Waals surface area contributed by atoms with E-state index >= 15 is 0 Å². The zero-order chi connectivity index (χ0) is 22.0. The second kappa shape index (κ2) is 8.96. The van der Waals surface area contributed by atoms with Crippen LogP contribution in [0.25, 0.3) is 5.57 Å². The number of nitrogens with zero attached hydrogens (tertiary/aromatic N) is 1. The van der Waals surface area contributed by atoms with Gasteiger partial charge >= 0.3 is 0 Å². The summed E-state index contributed by atoms with van der Waals surface area (Å²) in [5.41, 5.74) is 11.8. The van der Waals surface area contributed by atoms with E-state index in [1.165, 1.54) is 0 Å². The molecular formula is C24H21ClN2O3S. The number of hydrogen-bond acceptors (Lipinski definition) is 4. The molecule has 0 aliphatic carbocycles. The Bertz CT molecular complexity index is 1240. The van der Waals surface area contributed by atoms with Crippen molar-refractivity contribution in [3.63, 3.8) is 0 Å². The van der Waals surface area contributed by atoms with Gasteiger partial charge in [0.25, 0.3) is 0 Å². The molecule has 0 saturated heterocycles.